The standard InChI is InChI=1S/C22H18N2O4S2/c1-3-10-28-21(27)18-13(2)23-22-24(19(18)16-5-4-11-29-16)20(26)17(30-22)12-14-6-8-15(25)9-7-14/h3-9,11-12,19,25H,1,10H2,2H3. The van der Waals surface area contributed by atoms with Gasteiger partial charge in [0.15, 0.2) is 4.80 Å². The van der Waals surface area contributed by atoms with Crippen molar-refractivity contribution in [2.24, 2.45) is 4.99 Å². The van der Waals surface area contributed by atoms with Crippen molar-refractivity contribution in [2.75, 3.05) is 6.61 Å². The van der Waals surface area contributed by atoms with Gasteiger partial charge in [0.25, 0.3) is 5.56 Å². The van der Waals surface area contributed by atoms with Crippen LogP contribution in [-0.2, 0) is 9.53 Å². The van der Waals surface area contributed by atoms with Crippen LogP contribution in [0.25, 0.3) is 6.08 Å². The summed E-state index contributed by atoms with van der Waals surface area (Å²) in [7, 11) is 0. The van der Waals surface area contributed by atoms with E-state index < -0.39 is 12.0 Å². The van der Waals surface area contributed by atoms with E-state index in [1.165, 1.54) is 28.7 Å². The molecule has 0 saturated heterocycles. The summed E-state index contributed by atoms with van der Waals surface area (Å²) in [6.45, 7) is 5.41. The van der Waals surface area contributed by atoms with E-state index in [0.29, 0.717) is 20.6 Å². The number of allylic oxidation sites excluding steroid dienone is 1. The molecule has 1 aliphatic rings. The number of phenolic OH excluding ortho intramolecular Hbond substituents is 1. The van der Waals surface area contributed by atoms with Crippen LogP contribution in [-0.4, -0.2) is 22.2 Å². The Morgan fingerprint density at radius 1 is 1.33 bits per heavy atom. The number of hydrogen-bond donors (Lipinski definition) is 1. The lowest BCUT2D eigenvalue weighted by atomic mass is 10.0. The number of thiophene rings is 1. The minimum absolute atomic E-state index is 0.0814. The largest absolute Gasteiger partial charge is 0.508 e. The molecule has 0 fully saturated rings. The number of fused-ring (bicyclic) bond motifs is 1. The Bertz CT molecular complexity index is 1310. The number of esters is 1. The van der Waals surface area contributed by atoms with E-state index in [1.807, 2.05) is 17.5 Å². The third-order valence-electron chi connectivity index (χ3n) is 4.58. The predicted octanol–water partition coefficient (Wildman–Crippen LogP) is 2.73. The van der Waals surface area contributed by atoms with Crippen molar-refractivity contribution in [1.29, 1.82) is 0 Å². The summed E-state index contributed by atoms with van der Waals surface area (Å²) in [4.78, 5) is 32.0. The highest BCUT2D eigenvalue weighted by Crippen LogP contribution is 2.33. The van der Waals surface area contributed by atoms with Crippen LogP contribution in [0.15, 0.2) is 75.5 Å². The maximum Gasteiger partial charge on any atom is 0.338 e. The number of ether oxygens (including phenoxy) is 1. The van der Waals surface area contributed by atoms with Gasteiger partial charge in [-0.1, -0.05) is 42.2 Å². The molecule has 0 radical (unpaired) electrons. The van der Waals surface area contributed by atoms with Gasteiger partial charge >= 0.3 is 5.97 Å². The van der Waals surface area contributed by atoms with Crippen LogP contribution in [0.5, 0.6) is 5.75 Å². The highest BCUT2D eigenvalue weighted by Gasteiger charge is 2.33. The predicted molar refractivity (Wildman–Crippen MR) is 117 cm³/mol. The van der Waals surface area contributed by atoms with Crippen molar-refractivity contribution in [1.82, 2.24) is 4.57 Å². The number of aromatic hydroxyl groups is 1. The van der Waals surface area contributed by atoms with Gasteiger partial charge < -0.3 is 9.84 Å². The highest BCUT2D eigenvalue weighted by molar-refractivity contribution is 7.10. The SMILES string of the molecule is C=CCOC(=O)C1=C(C)N=c2sc(=Cc3ccc(O)cc3)c(=O)n2C1c1cccs1. The quantitative estimate of drug-likeness (QED) is 0.491. The van der Waals surface area contributed by atoms with Gasteiger partial charge in [-0.25, -0.2) is 9.79 Å². The molecule has 8 heteroatoms. The zero-order chi connectivity index (χ0) is 21.3. The van der Waals surface area contributed by atoms with Gasteiger partial charge in [-0.15, -0.1) is 11.3 Å². The highest BCUT2D eigenvalue weighted by atomic mass is 32.1. The lowest BCUT2D eigenvalue weighted by Crippen LogP contribution is -2.39. The van der Waals surface area contributed by atoms with Crippen molar-refractivity contribution < 1.29 is 14.6 Å². The Labute approximate surface area is 180 Å². The first-order valence-corrected chi connectivity index (χ1v) is 10.8. The molecule has 0 saturated carbocycles. The summed E-state index contributed by atoms with van der Waals surface area (Å²) >= 11 is 2.73. The van der Waals surface area contributed by atoms with E-state index in [4.69, 9.17) is 4.74 Å². The first-order valence-electron chi connectivity index (χ1n) is 9.12. The second-order valence-electron chi connectivity index (χ2n) is 6.58. The van der Waals surface area contributed by atoms with Gasteiger partial charge in [0.2, 0.25) is 0 Å². The summed E-state index contributed by atoms with van der Waals surface area (Å²) in [5, 5.41) is 11.4. The average molecular weight is 439 g/mol. The smallest absolute Gasteiger partial charge is 0.338 e. The van der Waals surface area contributed by atoms with Crippen LogP contribution in [0.2, 0.25) is 0 Å². The first kappa shape index (κ1) is 20.1. The molecule has 1 aliphatic heterocycles. The number of benzene rings is 1. The second-order valence-corrected chi connectivity index (χ2v) is 8.56. The number of aromatic nitrogens is 1. The number of carbonyl (C=O) groups excluding carboxylic acids is 1. The number of carbonyl (C=O) groups is 1. The number of nitrogens with zero attached hydrogens (tertiary/aromatic N) is 2. The molecular formula is C22H18N2O4S2. The number of rotatable bonds is 5. The molecular weight excluding hydrogens is 420 g/mol. The summed E-state index contributed by atoms with van der Waals surface area (Å²) in [5.41, 5.74) is 1.43. The van der Waals surface area contributed by atoms with Crippen molar-refractivity contribution in [3.8, 4) is 5.75 Å². The van der Waals surface area contributed by atoms with E-state index in [1.54, 1.807) is 41.8 Å². The molecule has 3 heterocycles. The minimum Gasteiger partial charge on any atom is -0.508 e. The molecule has 6 nitrogen and oxygen atoms in total. The lowest BCUT2D eigenvalue weighted by molar-refractivity contribution is -0.138. The van der Waals surface area contributed by atoms with Crippen LogP contribution in [0, 0.1) is 0 Å². The summed E-state index contributed by atoms with van der Waals surface area (Å²) < 4.78 is 7.33. The van der Waals surface area contributed by atoms with Crippen LogP contribution in [0.4, 0.5) is 0 Å². The van der Waals surface area contributed by atoms with Gasteiger partial charge in [0, 0.05) is 4.88 Å². The van der Waals surface area contributed by atoms with Crippen LogP contribution in [0.1, 0.15) is 23.4 Å². The Morgan fingerprint density at radius 3 is 2.77 bits per heavy atom. The van der Waals surface area contributed by atoms with Crippen molar-refractivity contribution in [3.63, 3.8) is 0 Å². The van der Waals surface area contributed by atoms with Crippen LogP contribution >= 0.6 is 22.7 Å². The molecule has 0 bridgehead atoms. The molecule has 0 aliphatic carbocycles. The summed E-state index contributed by atoms with van der Waals surface area (Å²) in [6, 6.07) is 9.77. The van der Waals surface area contributed by atoms with Gasteiger partial charge in [-0.3, -0.25) is 9.36 Å². The van der Waals surface area contributed by atoms with Crippen molar-refractivity contribution in [3.05, 3.63) is 95.8 Å². The Morgan fingerprint density at radius 2 is 2.10 bits per heavy atom. The molecule has 4 rings (SSSR count). The van der Waals surface area contributed by atoms with Crippen LogP contribution in [0.3, 0.4) is 0 Å². The lowest BCUT2D eigenvalue weighted by Gasteiger charge is -2.23. The van der Waals surface area contributed by atoms with Crippen molar-refractivity contribution >= 4 is 34.7 Å². The van der Waals surface area contributed by atoms with E-state index >= 15 is 0 Å². The molecule has 1 N–H and O–H groups in total. The molecule has 0 spiro atoms. The Balaban J connectivity index is 1.90. The third-order valence-corrected chi connectivity index (χ3v) is 6.49. The average Bonchev–Trinajstić information content (AvgIpc) is 3.36. The van der Waals surface area contributed by atoms with Crippen LogP contribution < -0.4 is 14.9 Å². The molecule has 1 aromatic carbocycles. The molecule has 2 aromatic heterocycles. The minimum atomic E-state index is -0.597. The Kier molecular flexibility index (Phi) is 5.52. The maximum atomic E-state index is 13.3. The fraction of sp³-hybridized carbons (Fsp3) is 0.136. The van der Waals surface area contributed by atoms with E-state index in [2.05, 4.69) is 11.6 Å². The van der Waals surface area contributed by atoms with E-state index in [9.17, 15) is 14.7 Å². The van der Waals surface area contributed by atoms with Gasteiger partial charge in [0.1, 0.15) is 18.4 Å². The third kappa shape index (κ3) is 3.67. The number of thiazole rings is 1. The fourth-order valence-electron chi connectivity index (χ4n) is 3.23. The molecule has 1 unspecified atom stereocenters. The molecule has 30 heavy (non-hydrogen) atoms. The molecule has 152 valence electrons. The molecule has 0 amide bonds. The van der Waals surface area contributed by atoms with Gasteiger partial charge in [-0.05, 0) is 42.1 Å². The number of phenols is 1. The fourth-order valence-corrected chi connectivity index (χ4v) is 5.10. The van der Waals surface area contributed by atoms with E-state index in [0.717, 1.165) is 10.4 Å². The molecule has 1 atom stereocenters. The summed E-state index contributed by atoms with van der Waals surface area (Å²) in [6.07, 6.45) is 3.25. The molecule has 3 aromatic rings. The zero-order valence-electron chi connectivity index (χ0n) is 16.1. The summed E-state index contributed by atoms with van der Waals surface area (Å²) in [5.74, 6) is -0.355. The first-order chi connectivity index (χ1) is 14.5. The van der Waals surface area contributed by atoms with E-state index in [-0.39, 0.29) is 17.9 Å². The van der Waals surface area contributed by atoms with Gasteiger partial charge in [0.05, 0.1) is 15.8 Å². The topological polar surface area (TPSA) is 80.9 Å². The van der Waals surface area contributed by atoms with Crippen molar-refractivity contribution in [2.45, 2.75) is 13.0 Å². The number of hydrogen-bond acceptors (Lipinski definition) is 7. The van der Waals surface area contributed by atoms with Gasteiger partial charge in [-0.2, -0.15) is 0 Å². The monoisotopic (exact) mass is 438 g/mol. The Hall–Kier alpha value is -3.23. The normalized spacial score (nSPS) is 16.2. The zero-order valence-corrected chi connectivity index (χ0v) is 17.7. The second kappa shape index (κ2) is 8.25. The maximum absolute atomic E-state index is 13.3.